The van der Waals surface area contributed by atoms with Gasteiger partial charge in [0.15, 0.2) is 5.82 Å². The van der Waals surface area contributed by atoms with E-state index in [4.69, 9.17) is 0 Å². The van der Waals surface area contributed by atoms with Crippen LogP contribution in [0.15, 0.2) is 34.0 Å². The van der Waals surface area contributed by atoms with Crippen molar-refractivity contribution in [3.63, 3.8) is 0 Å². The highest BCUT2D eigenvalue weighted by Crippen LogP contribution is 2.23. The minimum Gasteiger partial charge on any atom is -0.262 e. The highest BCUT2D eigenvalue weighted by molar-refractivity contribution is 9.10. The number of hydrogen-bond donors (Lipinski definition) is 1. The van der Waals surface area contributed by atoms with E-state index in [0.717, 1.165) is 5.56 Å². The fourth-order valence-corrected chi connectivity index (χ4v) is 3.80. The molecular formula is C13H14BrN3O2S. The Bertz CT molecular complexity index is 720. The fraction of sp³-hybridized carbons (Fsp3) is 0.231. The van der Waals surface area contributed by atoms with Crippen molar-refractivity contribution in [3.05, 3.63) is 45.8 Å². The maximum Gasteiger partial charge on any atom is 0.263 e. The van der Waals surface area contributed by atoms with Gasteiger partial charge in [0.1, 0.15) is 4.60 Å². The Morgan fingerprint density at radius 3 is 2.15 bits per heavy atom. The number of rotatable bonds is 3. The van der Waals surface area contributed by atoms with Crippen LogP contribution in [-0.4, -0.2) is 18.4 Å². The summed E-state index contributed by atoms with van der Waals surface area (Å²) in [5.41, 5.74) is 2.45. The summed E-state index contributed by atoms with van der Waals surface area (Å²) in [4.78, 5) is 8.19. The molecule has 20 heavy (non-hydrogen) atoms. The molecule has 1 N–H and O–H groups in total. The molecule has 0 aliphatic carbocycles. The maximum absolute atomic E-state index is 12.4. The quantitative estimate of drug-likeness (QED) is 0.918. The van der Waals surface area contributed by atoms with Crippen LogP contribution in [0, 0.1) is 20.8 Å². The lowest BCUT2D eigenvalue weighted by Gasteiger charge is -2.13. The van der Waals surface area contributed by atoms with Crippen molar-refractivity contribution >= 4 is 31.8 Å². The van der Waals surface area contributed by atoms with Gasteiger partial charge in [-0.1, -0.05) is 17.7 Å². The van der Waals surface area contributed by atoms with Crippen LogP contribution in [0.1, 0.15) is 16.7 Å². The minimum absolute atomic E-state index is 0.188. The molecule has 0 amide bonds. The minimum atomic E-state index is -3.67. The molecule has 1 heterocycles. The summed E-state index contributed by atoms with van der Waals surface area (Å²) in [5.74, 6) is 0.188. The zero-order valence-electron chi connectivity index (χ0n) is 11.3. The van der Waals surface area contributed by atoms with Crippen LogP contribution in [0.25, 0.3) is 0 Å². The van der Waals surface area contributed by atoms with Gasteiger partial charge in [0.25, 0.3) is 10.0 Å². The molecule has 1 aromatic carbocycles. The average Bonchev–Trinajstić information content (AvgIpc) is 2.30. The zero-order chi connectivity index (χ0) is 14.9. The predicted octanol–water partition coefficient (Wildman–Crippen LogP) is 2.97. The van der Waals surface area contributed by atoms with Crippen molar-refractivity contribution in [1.29, 1.82) is 0 Å². The van der Waals surface area contributed by atoms with Gasteiger partial charge in [-0.2, -0.15) is 0 Å². The van der Waals surface area contributed by atoms with E-state index in [0.29, 0.717) is 15.7 Å². The first kappa shape index (κ1) is 14.9. The zero-order valence-corrected chi connectivity index (χ0v) is 13.7. The Kier molecular flexibility index (Phi) is 4.10. The van der Waals surface area contributed by atoms with Gasteiger partial charge in [-0.15, -0.1) is 0 Å². The summed E-state index contributed by atoms with van der Waals surface area (Å²) in [6.45, 7) is 5.49. The Morgan fingerprint density at radius 2 is 1.65 bits per heavy atom. The third kappa shape index (κ3) is 3.16. The van der Waals surface area contributed by atoms with Gasteiger partial charge in [0.05, 0.1) is 17.3 Å². The lowest BCUT2D eigenvalue weighted by Crippen LogP contribution is -2.16. The summed E-state index contributed by atoms with van der Waals surface area (Å²) in [5, 5.41) is 0. The predicted molar refractivity (Wildman–Crippen MR) is 81.2 cm³/mol. The number of nitrogens with one attached hydrogen (secondary N) is 1. The number of benzene rings is 1. The van der Waals surface area contributed by atoms with Gasteiger partial charge in [0.2, 0.25) is 0 Å². The molecule has 0 atom stereocenters. The van der Waals surface area contributed by atoms with Gasteiger partial charge < -0.3 is 0 Å². The summed E-state index contributed by atoms with van der Waals surface area (Å²) >= 11 is 3.15. The molecule has 0 aliphatic rings. The first-order valence-electron chi connectivity index (χ1n) is 5.88. The van der Waals surface area contributed by atoms with Gasteiger partial charge in [0, 0.05) is 0 Å². The highest BCUT2D eigenvalue weighted by Gasteiger charge is 2.20. The molecule has 0 unspecified atom stereocenters. The Morgan fingerprint density at radius 1 is 1.05 bits per heavy atom. The molecule has 2 rings (SSSR count). The first-order valence-corrected chi connectivity index (χ1v) is 8.15. The molecule has 0 bridgehead atoms. The Labute approximate surface area is 126 Å². The lowest BCUT2D eigenvalue weighted by molar-refractivity contribution is 0.599. The van der Waals surface area contributed by atoms with E-state index >= 15 is 0 Å². The molecule has 5 nitrogen and oxygen atoms in total. The molecular weight excluding hydrogens is 342 g/mol. The van der Waals surface area contributed by atoms with Crippen LogP contribution >= 0.6 is 15.9 Å². The van der Waals surface area contributed by atoms with Crippen LogP contribution in [0.4, 0.5) is 5.82 Å². The summed E-state index contributed by atoms with van der Waals surface area (Å²) in [6, 6.07) is 3.68. The summed E-state index contributed by atoms with van der Waals surface area (Å²) in [7, 11) is -3.67. The monoisotopic (exact) mass is 355 g/mol. The summed E-state index contributed by atoms with van der Waals surface area (Å²) < 4.78 is 27.9. The van der Waals surface area contributed by atoms with E-state index in [9.17, 15) is 8.42 Å². The average molecular weight is 356 g/mol. The van der Waals surface area contributed by atoms with Crippen LogP contribution in [-0.2, 0) is 10.0 Å². The standard InChI is InChI=1S/C13H14BrN3O2S/c1-8-4-9(2)13(10(3)5-8)20(18,19)17-12-7-15-11(14)6-16-12/h4-7H,1-3H3,(H,16,17). The molecule has 0 saturated heterocycles. The van der Waals surface area contributed by atoms with Crippen LogP contribution in [0.3, 0.4) is 0 Å². The fourth-order valence-electron chi connectivity index (χ4n) is 2.14. The number of hydrogen-bond acceptors (Lipinski definition) is 4. The highest BCUT2D eigenvalue weighted by atomic mass is 79.9. The van der Waals surface area contributed by atoms with Crippen molar-refractivity contribution < 1.29 is 8.42 Å². The van der Waals surface area contributed by atoms with E-state index in [1.807, 2.05) is 19.1 Å². The third-order valence-corrected chi connectivity index (χ3v) is 4.80. The van der Waals surface area contributed by atoms with E-state index in [1.54, 1.807) is 13.8 Å². The van der Waals surface area contributed by atoms with E-state index in [-0.39, 0.29) is 10.7 Å². The Hall–Kier alpha value is -1.47. The van der Waals surface area contributed by atoms with Crippen molar-refractivity contribution in [3.8, 4) is 0 Å². The second kappa shape index (κ2) is 5.49. The number of aromatic nitrogens is 2. The van der Waals surface area contributed by atoms with E-state index in [1.165, 1.54) is 12.4 Å². The van der Waals surface area contributed by atoms with Gasteiger partial charge >= 0.3 is 0 Å². The lowest BCUT2D eigenvalue weighted by atomic mass is 10.1. The SMILES string of the molecule is Cc1cc(C)c(S(=O)(=O)Nc2cnc(Br)cn2)c(C)c1. The Balaban J connectivity index is 2.43. The molecule has 2 aromatic rings. The molecule has 0 saturated carbocycles. The molecule has 0 spiro atoms. The largest absolute Gasteiger partial charge is 0.263 e. The smallest absolute Gasteiger partial charge is 0.262 e. The van der Waals surface area contributed by atoms with Crippen molar-refractivity contribution in [2.24, 2.45) is 0 Å². The molecule has 0 fully saturated rings. The summed E-state index contributed by atoms with van der Waals surface area (Å²) in [6.07, 6.45) is 2.80. The molecule has 7 heteroatoms. The van der Waals surface area contributed by atoms with Crippen LogP contribution in [0.5, 0.6) is 0 Å². The number of halogens is 1. The normalized spacial score (nSPS) is 11.4. The molecule has 0 aliphatic heterocycles. The van der Waals surface area contributed by atoms with Gasteiger partial charge in [-0.05, 0) is 47.8 Å². The van der Waals surface area contributed by atoms with Gasteiger partial charge in [-0.25, -0.2) is 18.4 Å². The second-order valence-corrected chi connectivity index (χ2v) is 6.99. The third-order valence-electron chi connectivity index (χ3n) is 2.73. The number of aryl methyl sites for hydroxylation is 3. The topological polar surface area (TPSA) is 72.0 Å². The number of sulfonamides is 1. The van der Waals surface area contributed by atoms with E-state index < -0.39 is 10.0 Å². The van der Waals surface area contributed by atoms with Crippen molar-refractivity contribution in [2.45, 2.75) is 25.7 Å². The number of anilines is 1. The van der Waals surface area contributed by atoms with Crippen LogP contribution < -0.4 is 4.72 Å². The van der Waals surface area contributed by atoms with Crippen molar-refractivity contribution in [1.82, 2.24) is 9.97 Å². The maximum atomic E-state index is 12.4. The van der Waals surface area contributed by atoms with E-state index in [2.05, 4.69) is 30.6 Å². The van der Waals surface area contributed by atoms with Crippen LogP contribution in [0.2, 0.25) is 0 Å². The first-order chi connectivity index (χ1) is 9.29. The number of nitrogens with zero attached hydrogens (tertiary/aromatic N) is 2. The van der Waals surface area contributed by atoms with Crippen molar-refractivity contribution in [2.75, 3.05) is 4.72 Å². The molecule has 106 valence electrons. The second-order valence-electron chi connectivity index (χ2n) is 4.56. The molecule has 0 radical (unpaired) electrons. The van der Waals surface area contributed by atoms with Gasteiger partial charge in [-0.3, -0.25) is 4.72 Å². The molecule has 1 aromatic heterocycles.